The van der Waals surface area contributed by atoms with Crippen molar-refractivity contribution >= 4 is 39.9 Å². The number of primary amides is 1. The first-order valence-electron chi connectivity index (χ1n) is 14.6. The fraction of sp³-hybridized carbons (Fsp3) is 0.323. The molecule has 1 saturated carbocycles. The fourth-order valence-corrected chi connectivity index (χ4v) is 6.30. The lowest BCUT2D eigenvalue weighted by Gasteiger charge is -2.20. The van der Waals surface area contributed by atoms with E-state index in [-0.39, 0.29) is 22.6 Å². The summed E-state index contributed by atoms with van der Waals surface area (Å²) in [6.07, 6.45) is 10.9. The summed E-state index contributed by atoms with van der Waals surface area (Å²) < 4.78 is 7.82. The minimum absolute atomic E-state index is 0.0286. The number of hydrogen-bond acceptors (Lipinski definition) is 9. The number of rotatable bonds is 10. The Hall–Kier alpha value is -4.71. The molecular formula is C31H30N8O3S. The van der Waals surface area contributed by atoms with Crippen LogP contribution in [0.4, 0.5) is 5.82 Å². The number of anilines is 1. The third kappa shape index (κ3) is 5.70. The number of nitrogens with one attached hydrogen (secondary N) is 1. The zero-order valence-corrected chi connectivity index (χ0v) is 24.3. The maximum atomic E-state index is 12.2. The van der Waals surface area contributed by atoms with E-state index in [1.54, 1.807) is 18.3 Å². The molecule has 0 unspecified atom stereocenters. The summed E-state index contributed by atoms with van der Waals surface area (Å²) in [5.74, 6) is 0.0784. The average Bonchev–Trinajstić information content (AvgIpc) is 3.63. The van der Waals surface area contributed by atoms with Crippen LogP contribution >= 0.6 is 11.3 Å². The molecule has 2 aliphatic carbocycles. The molecule has 7 rings (SSSR count). The molecule has 43 heavy (non-hydrogen) atoms. The van der Waals surface area contributed by atoms with Crippen molar-refractivity contribution in [3.05, 3.63) is 70.6 Å². The average molecular weight is 595 g/mol. The van der Waals surface area contributed by atoms with E-state index < -0.39 is 5.91 Å². The number of hydrogen-bond donors (Lipinski definition) is 2. The number of aromatic nitrogens is 6. The molecule has 2 aliphatic rings. The van der Waals surface area contributed by atoms with Crippen molar-refractivity contribution in [3.63, 3.8) is 0 Å². The monoisotopic (exact) mass is 594 g/mol. The van der Waals surface area contributed by atoms with Gasteiger partial charge >= 0.3 is 0 Å². The van der Waals surface area contributed by atoms with Crippen molar-refractivity contribution in [1.29, 1.82) is 0 Å². The Morgan fingerprint density at radius 2 is 1.98 bits per heavy atom. The molecule has 0 atom stereocenters. The topological polar surface area (TPSA) is 151 Å². The van der Waals surface area contributed by atoms with Gasteiger partial charge in [0.15, 0.2) is 4.88 Å². The molecule has 0 saturated heterocycles. The normalized spacial score (nSPS) is 14.4. The molecule has 1 fully saturated rings. The first kappa shape index (κ1) is 27.1. The highest BCUT2D eigenvalue weighted by atomic mass is 32.1. The number of benzene rings is 1. The molecule has 1 aromatic carbocycles. The Labute approximate surface area is 251 Å². The van der Waals surface area contributed by atoms with Gasteiger partial charge in [-0.1, -0.05) is 23.4 Å². The van der Waals surface area contributed by atoms with Gasteiger partial charge in [-0.05, 0) is 69.6 Å². The first-order chi connectivity index (χ1) is 21.0. The number of carbonyl (C=O) groups excluding carboxylic acids is 2. The molecule has 3 N–H and O–H groups in total. The predicted molar refractivity (Wildman–Crippen MR) is 162 cm³/mol. The molecular weight excluding hydrogens is 564 g/mol. The van der Waals surface area contributed by atoms with Crippen LogP contribution in [0.1, 0.15) is 58.7 Å². The Bertz CT molecular complexity index is 1840. The smallest absolute Gasteiger partial charge is 0.264 e. The fourth-order valence-electron chi connectivity index (χ4n) is 5.44. The summed E-state index contributed by atoms with van der Waals surface area (Å²) in [4.78, 5) is 38.3. The lowest BCUT2D eigenvalue weighted by molar-refractivity contribution is -0.117. The summed E-state index contributed by atoms with van der Waals surface area (Å²) >= 11 is 1.15. The van der Waals surface area contributed by atoms with Crippen molar-refractivity contribution in [2.24, 2.45) is 11.7 Å². The molecule has 12 heteroatoms. The quantitative estimate of drug-likeness (QED) is 0.221. The summed E-state index contributed by atoms with van der Waals surface area (Å²) in [5.41, 5.74) is 11.7. The van der Waals surface area contributed by atoms with Crippen LogP contribution < -0.4 is 15.8 Å². The summed E-state index contributed by atoms with van der Waals surface area (Å²) in [6.45, 7) is 0.322. The molecule has 4 heterocycles. The van der Waals surface area contributed by atoms with Gasteiger partial charge in [0.2, 0.25) is 11.8 Å². The number of ether oxygens (including phenoxy) is 1. The van der Waals surface area contributed by atoms with Crippen LogP contribution in [0.2, 0.25) is 0 Å². The number of fused-ring (bicyclic) bond motifs is 2. The number of nitrogens with zero attached hydrogens (tertiary/aromatic N) is 6. The zero-order valence-electron chi connectivity index (χ0n) is 23.5. The molecule has 0 radical (unpaired) electrons. The van der Waals surface area contributed by atoms with Crippen molar-refractivity contribution < 1.29 is 14.3 Å². The van der Waals surface area contributed by atoms with E-state index in [0.29, 0.717) is 35.8 Å². The number of nitrogens with two attached hydrogens (primary N) is 1. The van der Waals surface area contributed by atoms with E-state index in [1.165, 1.54) is 5.56 Å². The van der Waals surface area contributed by atoms with E-state index in [0.717, 1.165) is 77.8 Å². The van der Waals surface area contributed by atoms with Crippen molar-refractivity contribution in [3.8, 4) is 22.1 Å². The molecule has 2 amide bonds. The summed E-state index contributed by atoms with van der Waals surface area (Å²) in [7, 11) is 0. The number of pyridine rings is 2. The van der Waals surface area contributed by atoms with Gasteiger partial charge in [-0.2, -0.15) is 0 Å². The van der Waals surface area contributed by atoms with Crippen LogP contribution in [-0.4, -0.2) is 48.4 Å². The maximum absolute atomic E-state index is 12.2. The number of para-hydroxylation sites is 1. The third-order valence-electron chi connectivity index (χ3n) is 7.75. The van der Waals surface area contributed by atoms with Crippen LogP contribution in [0.5, 0.6) is 5.88 Å². The van der Waals surface area contributed by atoms with E-state index >= 15 is 0 Å². The third-order valence-corrected chi connectivity index (χ3v) is 8.85. The largest absolute Gasteiger partial charge is 0.476 e. The molecule has 11 nitrogen and oxygen atoms in total. The number of carbonyl (C=O) groups is 2. The molecule has 5 aromatic rings. The molecule has 4 aromatic heterocycles. The Kier molecular flexibility index (Phi) is 7.27. The SMILES string of the molecule is NC(=O)c1sc(-c2ccnc(NC(=O)C3CC3)c2)nc1OCCCc1cn(-c2c3c(nc4ccccc24)CCCC3)nn1. The van der Waals surface area contributed by atoms with Crippen LogP contribution in [0.3, 0.4) is 0 Å². The number of aryl methyl sites for hydroxylation is 2. The second kappa shape index (κ2) is 11.5. The van der Waals surface area contributed by atoms with Gasteiger partial charge in [0.1, 0.15) is 10.8 Å². The van der Waals surface area contributed by atoms with Gasteiger partial charge in [-0.3, -0.25) is 14.6 Å². The lowest BCUT2D eigenvalue weighted by atomic mass is 9.93. The van der Waals surface area contributed by atoms with Crippen molar-refractivity contribution in [1.82, 2.24) is 29.9 Å². The summed E-state index contributed by atoms with van der Waals surface area (Å²) in [6, 6.07) is 11.7. The predicted octanol–water partition coefficient (Wildman–Crippen LogP) is 4.67. The van der Waals surface area contributed by atoms with Crippen LogP contribution in [0.25, 0.3) is 27.2 Å². The second-order valence-electron chi connectivity index (χ2n) is 10.9. The van der Waals surface area contributed by atoms with Crippen LogP contribution in [-0.2, 0) is 24.1 Å². The van der Waals surface area contributed by atoms with Crippen LogP contribution in [0, 0.1) is 5.92 Å². The molecule has 0 bridgehead atoms. The lowest BCUT2D eigenvalue weighted by Crippen LogP contribution is -2.14. The van der Waals surface area contributed by atoms with Gasteiger partial charge in [0.25, 0.3) is 5.91 Å². The van der Waals surface area contributed by atoms with Crippen LogP contribution in [0.15, 0.2) is 48.8 Å². The highest BCUT2D eigenvalue weighted by molar-refractivity contribution is 7.17. The number of amides is 2. The van der Waals surface area contributed by atoms with E-state index in [2.05, 4.69) is 31.7 Å². The molecule has 0 spiro atoms. The molecule has 0 aliphatic heterocycles. The maximum Gasteiger partial charge on any atom is 0.264 e. The standard InChI is InChI=1S/C31H30N8O3S/c32-28(40)27-30(36-31(43-27)19-13-14-33-25(16-19)35-29(41)18-11-12-18)42-15-5-6-20-17-39(38-37-20)26-21-7-1-3-9-23(21)34-24-10-4-2-8-22(24)26/h1,3,7,9,13-14,16-18H,2,4-6,8,10-12,15H2,(H2,32,40)(H,33,35,41). The van der Waals surface area contributed by atoms with Gasteiger partial charge in [-0.25, -0.2) is 14.6 Å². The zero-order chi connectivity index (χ0) is 29.3. The summed E-state index contributed by atoms with van der Waals surface area (Å²) in [5, 5.41) is 13.4. The molecule has 218 valence electrons. The minimum Gasteiger partial charge on any atom is -0.476 e. The number of thiazole rings is 1. The van der Waals surface area contributed by atoms with E-state index in [9.17, 15) is 9.59 Å². The van der Waals surface area contributed by atoms with E-state index in [4.69, 9.17) is 15.5 Å². The highest BCUT2D eigenvalue weighted by Crippen LogP contribution is 2.35. The Morgan fingerprint density at radius 1 is 1.12 bits per heavy atom. The highest BCUT2D eigenvalue weighted by Gasteiger charge is 2.30. The van der Waals surface area contributed by atoms with Crippen molar-refractivity contribution in [2.75, 3.05) is 11.9 Å². The minimum atomic E-state index is -0.606. The Balaban J connectivity index is 1.03. The van der Waals surface area contributed by atoms with Gasteiger partial charge in [0, 0.05) is 34.3 Å². The van der Waals surface area contributed by atoms with Gasteiger partial charge < -0.3 is 15.8 Å². The Morgan fingerprint density at radius 3 is 2.84 bits per heavy atom. The first-order valence-corrected chi connectivity index (χ1v) is 15.4. The van der Waals surface area contributed by atoms with E-state index in [1.807, 2.05) is 29.1 Å². The van der Waals surface area contributed by atoms with Crippen molar-refractivity contribution in [2.45, 2.75) is 51.4 Å². The van der Waals surface area contributed by atoms with Gasteiger partial charge in [-0.15, -0.1) is 16.4 Å². The second-order valence-corrected chi connectivity index (χ2v) is 11.9. The van der Waals surface area contributed by atoms with Gasteiger partial charge in [0.05, 0.1) is 29.7 Å².